The fraction of sp³-hybridized carbons (Fsp3) is 0.500. The molecule has 0 aliphatic carbocycles. The van der Waals surface area contributed by atoms with Gasteiger partial charge in [-0.25, -0.2) is 4.79 Å². The minimum Gasteiger partial charge on any atom is -0.484 e. The van der Waals surface area contributed by atoms with Gasteiger partial charge < -0.3 is 15.2 Å². The van der Waals surface area contributed by atoms with E-state index < -0.39 is 17.9 Å². The minimum absolute atomic E-state index is 0.0118. The van der Waals surface area contributed by atoms with Gasteiger partial charge in [-0.05, 0) is 37.3 Å². The second-order valence-electron chi connectivity index (χ2n) is 6.93. The maximum atomic E-state index is 11.9. The van der Waals surface area contributed by atoms with Crippen molar-refractivity contribution in [3.63, 3.8) is 0 Å². The molecule has 1 aromatic rings. The van der Waals surface area contributed by atoms with Crippen molar-refractivity contribution in [2.75, 3.05) is 6.61 Å². The van der Waals surface area contributed by atoms with Crippen molar-refractivity contribution in [1.29, 1.82) is 0 Å². The van der Waals surface area contributed by atoms with E-state index in [9.17, 15) is 19.5 Å². The molecular formula is C18H25NO5. The molecule has 132 valence electrons. The Labute approximate surface area is 142 Å². The van der Waals surface area contributed by atoms with Crippen LogP contribution in [0.2, 0.25) is 0 Å². The standard InChI is InChI=1S/C18H25NO5/c1-12(20)13-6-5-7-14(10-13)24-11-16(21)19-15(17(22)23)8-9-18(2,3)4/h5-7,10,15H,8-9,11H2,1-4H3,(H,19,21)(H,22,23). The SMILES string of the molecule is CC(=O)c1cccc(OCC(=O)NC(CCC(C)(C)C)C(=O)O)c1. The summed E-state index contributed by atoms with van der Waals surface area (Å²) in [5.41, 5.74) is 0.476. The fourth-order valence-corrected chi connectivity index (χ4v) is 2.02. The summed E-state index contributed by atoms with van der Waals surface area (Å²) in [6, 6.07) is 5.55. The third-order valence-corrected chi connectivity index (χ3v) is 3.43. The highest BCUT2D eigenvalue weighted by atomic mass is 16.5. The molecule has 1 amide bonds. The van der Waals surface area contributed by atoms with E-state index in [1.165, 1.54) is 6.92 Å². The summed E-state index contributed by atoms with van der Waals surface area (Å²) in [5, 5.41) is 11.7. The third-order valence-electron chi connectivity index (χ3n) is 3.43. The maximum Gasteiger partial charge on any atom is 0.326 e. The normalized spacial score (nSPS) is 12.3. The number of hydrogen-bond donors (Lipinski definition) is 2. The Morgan fingerprint density at radius 2 is 1.92 bits per heavy atom. The first-order valence-electron chi connectivity index (χ1n) is 7.84. The number of carboxylic acids is 1. The zero-order valence-electron chi connectivity index (χ0n) is 14.6. The molecule has 0 radical (unpaired) electrons. The number of amides is 1. The number of ketones is 1. The quantitative estimate of drug-likeness (QED) is 0.713. The third kappa shape index (κ3) is 7.26. The van der Waals surface area contributed by atoms with Crippen LogP contribution in [-0.2, 0) is 9.59 Å². The van der Waals surface area contributed by atoms with Crippen LogP contribution in [0, 0.1) is 5.41 Å². The molecule has 0 aliphatic rings. The van der Waals surface area contributed by atoms with E-state index in [2.05, 4.69) is 5.32 Å². The molecule has 0 aromatic heterocycles. The molecule has 0 saturated carbocycles. The van der Waals surface area contributed by atoms with E-state index in [-0.39, 0.29) is 17.8 Å². The van der Waals surface area contributed by atoms with Crippen molar-refractivity contribution in [1.82, 2.24) is 5.32 Å². The average molecular weight is 335 g/mol. The van der Waals surface area contributed by atoms with Gasteiger partial charge >= 0.3 is 5.97 Å². The fourth-order valence-electron chi connectivity index (χ4n) is 2.02. The molecule has 2 N–H and O–H groups in total. The van der Waals surface area contributed by atoms with Crippen LogP contribution < -0.4 is 10.1 Å². The zero-order valence-corrected chi connectivity index (χ0v) is 14.6. The summed E-state index contributed by atoms with van der Waals surface area (Å²) in [7, 11) is 0. The van der Waals surface area contributed by atoms with Crippen LogP contribution >= 0.6 is 0 Å². The summed E-state index contributed by atoms with van der Waals surface area (Å²) in [4.78, 5) is 34.5. The van der Waals surface area contributed by atoms with Gasteiger partial charge in [0.05, 0.1) is 0 Å². The molecule has 6 nitrogen and oxygen atoms in total. The molecule has 0 heterocycles. The Balaban J connectivity index is 2.55. The average Bonchev–Trinajstić information content (AvgIpc) is 2.48. The van der Waals surface area contributed by atoms with Crippen LogP contribution in [-0.4, -0.2) is 35.4 Å². The monoisotopic (exact) mass is 335 g/mol. The predicted octanol–water partition coefficient (Wildman–Crippen LogP) is 2.66. The molecule has 0 aliphatic heterocycles. The lowest BCUT2D eigenvalue weighted by molar-refractivity contribution is -0.142. The van der Waals surface area contributed by atoms with Gasteiger partial charge in [-0.1, -0.05) is 32.9 Å². The number of ether oxygens (including phenoxy) is 1. The lowest BCUT2D eigenvalue weighted by Crippen LogP contribution is -2.43. The number of carbonyl (C=O) groups excluding carboxylic acids is 2. The van der Waals surface area contributed by atoms with Crippen LogP contribution in [0.15, 0.2) is 24.3 Å². The first-order valence-corrected chi connectivity index (χ1v) is 7.84. The summed E-state index contributed by atoms with van der Waals surface area (Å²) in [6.07, 6.45) is 1.02. The Morgan fingerprint density at radius 3 is 2.46 bits per heavy atom. The molecule has 1 unspecified atom stereocenters. The summed E-state index contributed by atoms with van der Waals surface area (Å²) in [6.45, 7) is 7.18. The van der Waals surface area contributed by atoms with E-state index in [1.54, 1.807) is 24.3 Å². The lowest BCUT2D eigenvalue weighted by atomic mass is 9.88. The van der Waals surface area contributed by atoms with Gasteiger partial charge in [-0.2, -0.15) is 0 Å². The molecule has 6 heteroatoms. The number of rotatable bonds is 8. The highest BCUT2D eigenvalue weighted by Crippen LogP contribution is 2.21. The van der Waals surface area contributed by atoms with Gasteiger partial charge in [0.25, 0.3) is 5.91 Å². The highest BCUT2D eigenvalue weighted by Gasteiger charge is 2.22. The van der Waals surface area contributed by atoms with E-state index in [0.717, 1.165) is 0 Å². The molecule has 24 heavy (non-hydrogen) atoms. The zero-order chi connectivity index (χ0) is 18.3. The van der Waals surface area contributed by atoms with Crippen LogP contribution in [0.4, 0.5) is 0 Å². The second-order valence-corrected chi connectivity index (χ2v) is 6.93. The van der Waals surface area contributed by atoms with Gasteiger partial charge in [0.1, 0.15) is 11.8 Å². The van der Waals surface area contributed by atoms with Crippen molar-refractivity contribution in [3.05, 3.63) is 29.8 Å². The lowest BCUT2D eigenvalue weighted by Gasteiger charge is -2.21. The minimum atomic E-state index is -1.06. The van der Waals surface area contributed by atoms with Crippen molar-refractivity contribution in [2.24, 2.45) is 5.41 Å². The van der Waals surface area contributed by atoms with Crippen LogP contribution in [0.5, 0.6) is 5.75 Å². The smallest absolute Gasteiger partial charge is 0.326 e. The van der Waals surface area contributed by atoms with Crippen molar-refractivity contribution in [3.8, 4) is 5.75 Å². The van der Waals surface area contributed by atoms with Crippen molar-refractivity contribution < 1.29 is 24.2 Å². The van der Waals surface area contributed by atoms with Crippen LogP contribution in [0.3, 0.4) is 0 Å². The number of carboxylic acid groups (broad SMARTS) is 1. The Morgan fingerprint density at radius 1 is 1.25 bits per heavy atom. The topological polar surface area (TPSA) is 92.7 Å². The van der Waals surface area contributed by atoms with Crippen molar-refractivity contribution >= 4 is 17.7 Å². The van der Waals surface area contributed by atoms with E-state index in [1.807, 2.05) is 20.8 Å². The van der Waals surface area contributed by atoms with Crippen LogP contribution in [0.25, 0.3) is 0 Å². The van der Waals surface area contributed by atoms with Gasteiger partial charge in [0.2, 0.25) is 0 Å². The Kier molecular flexibility index (Phi) is 6.95. The molecule has 1 aromatic carbocycles. The van der Waals surface area contributed by atoms with Gasteiger partial charge in [0.15, 0.2) is 12.4 Å². The number of hydrogen-bond acceptors (Lipinski definition) is 4. The number of Topliss-reactive ketones (excluding diaryl/α,β-unsaturated/α-hetero) is 1. The van der Waals surface area contributed by atoms with E-state index >= 15 is 0 Å². The maximum absolute atomic E-state index is 11.9. The van der Waals surface area contributed by atoms with E-state index in [4.69, 9.17) is 4.74 Å². The molecular weight excluding hydrogens is 310 g/mol. The van der Waals surface area contributed by atoms with Gasteiger partial charge in [0, 0.05) is 5.56 Å². The largest absolute Gasteiger partial charge is 0.484 e. The molecule has 1 rings (SSSR count). The Bertz CT molecular complexity index is 604. The highest BCUT2D eigenvalue weighted by molar-refractivity contribution is 5.94. The molecule has 0 bridgehead atoms. The summed E-state index contributed by atoms with van der Waals surface area (Å²) in [5.74, 6) is -1.28. The molecule has 1 atom stereocenters. The predicted molar refractivity (Wildman–Crippen MR) is 90.2 cm³/mol. The summed E-state index contributed by atoms with van der Waals surface area (Å²) >= 11 is 0. The molecule has 0 fully saturated rings. The Hall–Kier alpha value is -2.37. The first-order chi connectivity index (χ1) is 11.1. The first kappa shape index (κ1) is 19.7. The number of aliphatic carboxylic acids is 1. The van der Waals surface area contributed by atoms with Gasteiger partial charge in [-0.15, -0.1) is 0 Å². The molecule has 0 spiro atoms. The summed E-state index contributed by atoms with van der Waals surface area (Å²) < 4.78 is 5.33. The molecule has 0 saturated heterocycles. The van der Waals surface area contributed by atoms with Crippen molar-refractivity contribution in [2.45, 2.75) is 46.6 Å². The second kappa shape index (κ2) is 8.47. The number of nitrogens with one attached hydrogen (secondary N) is 1. The number of benzene rings is 1. The van der Waals surface area contributed by atoms with Gasteiger partial charge in [-0.3, -0.25) is 9.59 Å². The number of carbonyl (C=O) groups is 3. The van der Waals surface area contributed by atoms with E-state index in [0.29, 0.717) is 24.2 Å². The van der Waals surface area contributed by atoms with Crippen LogP contribution in [0.1, 0.15) is 50.9 Å².